The van der Waals surface area contributed by atoms with Crippen LogP contribution in [0.15, 0.2) is 33.6 Å². The summed E-state index contributed by atoms with van der Waals surface area (Å²) in [4.78, 5) is 13.1. The quantitative estimate of drug-likeness (QED) is 0.772. The van der Waals surface area contributed by atoms with Crippen LogP contribution in [0.25, 0.3) is 0 Å². The Bertz CT molecular complexity index is 424. The van der Waals surface area contributed by atoms with Crippen molar-refractivity contribution in [3.8, 4) is 0 Å². The molecular weight excluding hydrogens is 360 g/mol. The zero-order chi connectivity index (χ0) is 13.7. The lowest BCUT2D eigenvalue weighted by Crippen LogP contribution is -2.40. The van der Waals surface area contributed by atoms with Gasteiger partial charge in [-0.15, -0.1) is 24.2 Å². The molecule has 112 valence electrons. The Balaban J connectivity index is 0.00000200. The van der Waals surface area contributed by atoms with E-state index in [2.05, 4.69) is 26.6 Å². The van der Waals surface area contributed by atoms with E-state index in [0.29, 0.717) is 6.04 Å². The summed E-state index contributed by atoms with van der Waals surface area (Å²) in [6, 6.07) is 8.49. The molecule has 1 aliphatic rings. The summed E-state index contributed by atoms with van der Waals surface area (Å²) in [6.45, 7) is 3.76. The number of hydrogen-bond donors (Lipinski definition) is 2. The zero-order valence-corrected chi connectivity index (χ0v) is 14.6. The first-order valence-electron chi connectivity index (χ1n) is 6.58. The molecule has 1 saturated heterocycles. The van der Waals surface area contributed by atoms with E-state index in [-0.39, 0.29) is 23.6 Å². The van der Waals surface area contributed by atoms with E-state index >= 15 is 0 Å². The van der Waals surface area contributed by atoms with Gasteiger partial charge in [0.15, 0.2) is 0 Å². The van der Waals surface area contributed by atoms with Crippen molar-refractivity contribution in [2.75, 3.05) is 13.1 Å². The highest BCUT2D eigenvalue weighted by molar-refractivity contribution is 9.10. The fourth-order valence-corrected chi connectivity index (χ4v) is 3.23. The van der Waals surface area contributed by atoms with Gasteiger partial charge < -0.3 is 10.6 Å². The Hall–Kier alpha value is -0.230. The molecule has 0 radical (unpaired) electrons. The van der Waals surface area contributed by atoms with Crippen molar-refractivity contribution in [1.29, 1.82) is 0 Å². The van der Waals surface area contributed by atoms with Crippen LogP contribution in [0.3, 0.4) is 0 Å². The summed E-state index contributed by atoms with van der Waals surface area (Å²) < 4.78 is 1.06. The maximum Gasteiger partial charge on any atom is 0.233 e. The molecule has 0 aliphatic carbocycles. The van der Waals surface area contributed by atoms with Crippen LogP contribution in [0.2, 0.25) is 0 Å². The third kappa shape index (κ3) is 5.64. The van der Waals surface area contributed by atoms with Gasteiger partial charge in [0.2, 0.25) is 5.91 Å². The van der Waals surface area contributed by atoms with Gasteiger partial charge in [-0.1, -0.05) is 15.9 Å². The molecular formula is C14H20BrClN2OS. The Labute approximate surface area is 139 Å². The molecule has 2 unspecified atom stereocenters. The number of carbonyl (C=O) groups is 1. The molecule has 2 atom stereocenters. The summed E-state index contributed by atoms with van der Waals surface area (Å²) in [7, 11) is 0. The highest BCUT2D eigenvalue weighted by Crippen LogP contribution is 2.24. The SMILES string of the molecule is CC(Sc1ccc(Br)cc1)C(=O)NCC1CCCN1.Cl. The number of carbonyl (C=O) groups excluding carboxylic acids is 1. The molecule has 6 heteroatoms. The van der Waals surface area contributed by atoms with Crippen molar-refractivity contribution in [3.63, 3.8) is 0 Å². The molecule has 1 aromatic carbocycles. The lowest BCUT2D eigenvalue weighted by atomic mass is 10.2. The smallest absolute Gasteiger partial charge is 0.233 e. The second-order valence-corrected chi connectivity index (χ2v) is 7.08. The van der Waals surface area contributed by atoms with Gasteiger partial charge >= 0.3 is 0 Å². The predicted octanol–water partition coefficient (Wildman–Crippen LogP) is 3.22. The fourth-order valence-electron chi connectivity index (χ4n) is 2.07. The first kappa shape index (κ1) is 17.8. The molecule has 2 N–H and O–H groups in total. The predicted molar refractivity (Wildman–Crippen MR) is 90.7 cm³/mol. The Kier molecular flexibility index (Phi) is 7.95. The van der Waals surface area contributed by atoms with E-state index in [1.165, 1.54) is 6.42 Å². The number of hydrogen-bond acceptors (Lipinski definition) is 3. The van der Waals surface area contributed by atoms with Crippen molar-refractivity contribution in [1.82, 2.24) is 10.6 Å². The molecule has 20 heavy (non-hydrogen) atoms. The van der Waals surface area contributed by atoms with Gasteiger partial charge in [0.05, 0.1) is 5.25 Å². The van der Waals surface area contributed by atoms with Crippen LogP contribution in [-0.2, 0) is 4.79 Å². The first-order chi connectivity index (χ1) is 9.15. The molecule has 1 fully saturated rings. The van der Waals surface area contributed by atoms with Crippen molar-refractivity contribution in [3.05, 3.63) is 28.7 Å². The van der Waals surface area contributed by atoms with Gasteiger partial charge in [0.25, 0.3) is 0 Å². The summed E-state index contributed by atoms with van der Waals surface area (Å²) in [5, 5.41) is 6.34. The minimum Gasteiger partial charge on any atom is -0.354 e. The number of halogens is 2. The molecule has 1 aromatic rings. The number of thioether (sulfide) groups is 1. The van der Waals surface area contributed by atoms with Crippen molar-refractivity contribution >= 4 is 46.0 Å². The molecule has 1 aliphatic heterocycles. The van der Waals surface area contributed by atoms with Crippen molar-refractivity contribution < 1.29 is 4.79 Å². The monoisotopic (exact) mass is 378 g/mol. The van der Waals surface area contributed by atoms with Crippen molar-refractivity contribution in [2.24, 2.45) is 0 Å². The number of nitrogens with one attached hydrogen (secondary N) is 2. The maximum atomic E-state index is 12.0. The Morgan fingerprint density at radius 1 is 1.50 bits per heavy atom. The minimum absolute atomic E-state index is 0. The van der Waals surface area contributed by atoms with Gasteiger partial charge in [-0.3, -0.25) is 4.79 Å². The summed E-state index contributed by atoms with van der Waals surface area (Å²) in [5.41, 5.74) is 0. The third-order valence-electron chi connectivity index (χ3n) is 3.18. The maximum absolute atomic E-state index is 12.0. The molecule has 0 saturated carbocycles. The van der Waals surface area contributed by atoms with Crippen LogP contribution in [-0.4, -0.2) is 30.3 Å². The summed E-state index contributed by atoms with van der Waals surface area (Å²) in [6.07, 6.45) is 2.37. The van der Waals surface area contributed by atoms with Crippen LogP contribution in [0.4, 0.5) is 0 Å². The van der Waals surface area contributed by atoms with Gasteiger partial charge in [-0.05, 0) is 50.6 Å². The number of amides is 1. The average Bonchev–Trinajstić information content (AvgIpc) is 2.91. The van der Waals surface area contributed by atoms with E-state index in [9.17, 15) is 4.79 Å². The van der Waals surface area contributed by atoms with Crippen LogP contribution in [0, 0.1) is 0 Å². The molecule has 3 nitrogen and oxygen atoms in total. The topological polar surface area (TPSA) is 41.1 Å². The Morgan fingerprint density at radius 3 is 2.80 bits per heavy atom. The molecule has 0 aromatic heterocycles. The molecule has 1 heterocycles. The second-order valence-electron chi connectivity index (χ2n) is 4.75. The van der Waals surface area contributed by atoms with Crippen LogP contribution >= 0.6 is 40.1 Å². The largest absolute Gasteiger partial charge is 0.354 e. The van der Waals surface area contributed by atoms with Gasteiger partial charge in [-0.2, -0.15) is 0 Å². The highest BCUT2D eigenvalue weighted by Gasteiger charge is 2.18. The second kappa shape index (κ2) is 8.93. The lowest BCUT2D eigenvalue weighted by Gasteiger charge is -2.15. The lowest BCUT2D eigenvalue weighted by molar-refractivity contribution is -0.120. The first-order valence-corrected chi connectivity index (χ1v) is 8.26. The molecule has 1 amide bonds. The van der Waals surface area contributed by atoms with Crippen molar-refractivity contribution in [2.45, 2.75) is 36.0 Å². The van der Waals surface area contributed by atoms with Gasteiger partial charge in [0.1, 0.15) is 0 Å². The fraction of sp³-hybridized carbons (Fsp3) is 0.500. The minimum atomic E-state index is -0.0671. The van der Waals surface area contributed by atoms with E-state index in [4.69, 9.17) is 0 Å². The Morgan fingerprint density at radius 2 is 2.20 bits per heavy atom. The van der Waals surface area contributed by atoms with E-state index in [1.54, 1.807) is 11.8 Å². The molecule has 0 spiro atoms. The average molecular weight is 380 g/mol. The van der Waals surface area contributed by atoms with Crippen LogP contribution in [0.5, 0.6) is 0 Å². The van der Waals surface area contributed by atoms with E-state index in [0.717, 1.165) is 28.9 Å². The van der Waals surface area contributed by atoms with E-state index in [1.807, 2.05) is 31.2 Å². The van der Waals surface area contributed by atoms with E-state index < -0.39 is 0 Å². The van der Waals surface area contributed by atoms with Crippen LogP contribution in [0.1, 0.15) is 19.8 Å². The van der Waals surface area contributed by atoms with Gasteiger partial charge in [-0.25, -0.2) is 0 Å². The standard InChI is InChI=1S/C14H19BrN2OS.ClH/c1-10(19-13-6-4-11(15)5-7-13)14(18)17-9-12-3-2-8-16-12;/h4-7,10,12,16H,2-3,8-9H2,1H3,(H,17,18);1H. The normalized spacial score (nSPS) is 19.2. The van der Waals surface area contributed by atoms with Gasteiger partial charge in [0, 0.05) is 22.0 Å². The van der Waals surface area contributed by atoms with Crippen LogP contribution < -0.4 is 10.6 Å². The highest BCUT2D eigenvalue weighted by atomic mass is 79.9. The number of benzene rings is 1. The molecule has 2 rings (SSSR count). The summed E-state index contributed by atoms with van der Waals surface area (Å²) in [5.74, 6) is 0.113. The zero-order valence-electron chi connectivity index (χ0n) is 11.4. The molecule has 0 bridgehead atoms. The third-order valence-corrected chi connectivity index (χ3v) is 4.82. The summed E-state index contributed by atoms with van der Waals surface area (Å²) >= 11 is 5.00. The number of rotatable bonds is 5.